The van der Waals surface area contributed by atoms with Crippen LogP contribution in [0.15, 0.2) is 47.2 Å². The SMILES string of the molecule is CN(C)C(CNS(=O)(=O)C=Cc1ccc(Cl)cc1)c1cccs1. The van der Waals surface area contributed by atoms with Gasteiger partial charge in [-0.05, 0) is 49.3 Å². The number of rotatable bonds is 7. The predicted octanol–water partition coefficient (Wildman–Crippen LogP) is 3.59. The second kappa shape index (κ2) is 8.08. The zero-order valence-corrected chi connectivity index (χ0v) is 15.3. The molecule has 0 spiro atoms. The van der Waals surface area contributed by atoms with Crippen molar-refractivity contribution in [3.8, 4) is 0 Å². The van der Waals surface area contributed by atoms with Crippen LogP contribution in [0.1, 0.15) is 16.5 Å². The highest BCUT2D eigenvalue weighted by Crippen LogP contribution is 2.22. The van der Waals surface area contributed by atoms with Crippen LogP contribution in [0.4, 0.5) is 0 Å². The van der Waals surface area contributed by atoms with E-state index in [1.54, 1.807) is 41.7 Å². The van der Waals surface area contributed by atoms with Crippen LogP contribution in [0, 0.1) is 0 Å². The summed E-state index contributed by atoms with van der Waals surface area (Å²) in [6.45, 7) is 0.320. The fourth-order valence-corrected chi connectivity index (χ4v) is 3.88. The van der Waals surface area contributed by atoms with Crippen molar-refractivity contribution in [1.29, 1.82) is 0 Å². The second-order valence-electron chi connectivity index (χ2n) is 5.24. The molecule has 0 amide bonds. The van der Waals surface area contributed by atoms with E-state index in [0.29, 0.717) is 11.6 Å². The molecule has 0 aliphatic carbocycles. The van der Waals surface area contributed by atoms with Crippen LogP contribution in [0.5, 0.6) is 0 Å². The van der Waals surface area contributed by atoms with E-state index < -0.39 is 10.0 Å². The zero-order valence-electron chi connectivity index (χ0n) is 12.9. The van der Waals surface area contributed by atoms with E-state index in [1.807, 2.05) is 36.5 Å². The molecule has 1 aromatic heterocycles. The topological polar surface area (TPSA) is 49.4 Å². The molecule has 7 heteroatoms. The van der Waals surface area contributed by atoms with Gasteiger partial charge in [0, 0.05) is 21.9 Å². The lowest BCUT2D eigenvalue weighted by molar-refractivity contribution is 0.304. The molecule has 4 nitrogen and oxygen atoms in total. The minimum atomic E-state index is -3.50. The van der Waals surface area contributed by atoms with Gasteiger partial charge >= 0.3 is 0 Å². The number of hydrogen-bond acceptors (Lipinski definition) is 4. The molecule has 0 aliphatic rings. The Bertz CT molecular complexity index is 739. The number of sulfonamides is 1. The average molecular weight is 371 g/mol. The van der Waals surface area contributed by atoms with Crippen molar-refractivity contribution in [3.63, 3.8) is 0 Å². The first kappa shape index (κ1) is 18.2. The molecular weight excluding hydrogens is 352 g/mol. The lowest BCUT2D eigenvalue weighted by Gasteiger charge is -2.23. The smallest absolute Gasteiger partial charge is 0.233 e. The molecule has 2 aromatic rings. The summed E-state index contributed by atoms with van der Waals surface area (Å²) in [4.78, 5) is 3.12. The van der Waals surface area contributed by atoms with E-state index in [0.717, 1.165) is 10.4 Å². The first-order valence-corrected chi connectivity index (χ1v) is 9.81. The van der Waals surface area contributed by atoms with Crippen LogP contribution in [-0.2, 0) is 10.0 Å². The van der Waals surface area contributed by atoms with Crippen molar-refractivity contribution in [3.05, 3.63) is 62.6 Å². The van der Waals surface area contributed by atoms with Gasteiger partial charge in [0.15, 0.2) is 0 Å². The molecular formula is C16H19ClN2O2S2. The monoisotopic (exact) mass is 370 g/mol. The molecule has 2 rings (SSSR count). The molecule has 0 fully saturated rings. The molecule has 124 valence electrons. The summed E-state index contributed by atoms with van der Waals surface area (Å²) in [5.41, 5.74) is 0.780. The van der Waals surface area contributed by atoms with Crippen molar-refractivity contribution >= 4 is 39.0 Å². The van der Waals surface area contributed by atoms with Crippen LogP contribution in [0.2, 0.25) is 5.02 Å². The number of thiophene rings is 1. The Morgan fingerprint density at radius 1 is 1.26 bits per heavy atom. The van der Waals surface area contributed by atoms with Gasteiger partial charge in [0.2, 0.25) is 10.0 Å². The molecule has 0 saturated heterocycles. The number of halogens is 1. The highest BCUT2D eigenvalue weighted by Gasteiger charge is 2.17. The molecule has 0 aliphatic heterocycles. The van der Waals surface area contributed by atoms with Gasteiger partial charge in [0.05, 0.1) is 6.04 Å². The quantitative estimate of drug-likeness (QED) is 0.810. The van der Waals surface area contributed by atoms with Crippen LogP contribution in [0.25, 0.3) is 6.08 Å². The fourth-order valence-electron chi connectivity index (χ4n) is 2.00. The maximum atomic E-state index is 12.1. The van der Waals surface area contributed by atoms with E-state index in [-0.39, 0.29) is 6.04 Å². The minimum absolute atomic E-state index is 0.00806. The van der Waals surface area contributed by atoms with Crippen LogP contribution >= 0.6 is 22.9 Å². The molecule has 0 saturated carbocycles. The number of hydrogen-bond donors (Lipinski definition) is 1. The highest BCUT2D eigenvalue weighted by atomic mass is 35.5. The van der Waals surface area contributed by atoms with Gasteiger partial charge in [0.1, 0.15) is 0 Å². The minimum Gasteiger partial charge on any atom is -0.300 e. The Morgan fingerprint density at radius 3 is 2.52 bits per heavy atom. The van der Waals surface area contributed by atoms with Gasteiger partial charge in [-0.25, -0.2) is 13.1 Å². The van der Waals surface area contributed by atoms with Gasteiger partial charge in [-0.1, -0.05) is 29.8 Å². The van der Waals surface area contributed by atoms with Gasteiger partial charge < -0.3 is 4.90 Å². The average Bonchev–Trinajstić information content (AvgIpc) is 3.00. The molecule has 0 radical (unpaired) electrons. The van der Waals surface area contributed by atoms with Crippen LogP contribution in [-0.4, -0.2) is 34.0 Å². The van der Waals surface area contributed by atoms with Gasteiger partial charge in [-0.15, -0.1) is 11.3 Å². The van der Waals surface area contributed by atoms with Gasteiger partial charge in [-0.2, -0.15) is 0 Å². The van der Waals surface area contributed by atoms with Gasteiger partial charge in [0.25, 0.3) is 0 Å². The third-order valence-corrected chi connectivity index (χ3v) is 5.57. The number of likely N-dealkylation sites (N-methyl/N-ethyl adjacent to an activating group) is 1. The third kappa shape index (κ3) is 5.75. The highest BCUT2D eigenvalue weighted by molar-refractivity contribution is 7.92. The van der Waals surface area contributed by atoms with Gasteiger partial charge in [-0.3, -0.25) is 0 Å². The molecule has 1 aromatic carbocycles. The number of nitrogens with one attached hydrogen (secondary N) is 1. The summed E-state index contributed by atoms with van der Waals surface area (Å²) in [6, 6.07) is 11.0. The Kier molecular flexibility index (Phi) is 6.38. The largest absolute Gasteiger partial charge is 0.300 e. The van der Waals surface area contributed by atoms with Crippen molar-refractivity contribution in [1.82, 2.24) is 9.62 Å². The van der Waals surface area contributed by atoms with Crippen molar-refractivity contribution in [2.45, 2.75) is 6.04 Å². The van der Waals surface area contributed by atoms with E-state index in [1.165, 1.54) is 5.41 Å². The Hall–Kier alpha value is -1.18. The summed E-state index contributed by atoms with van der Waals surface area (Å²) >= 11 is 7.42. The van der Waals surface area contributed by atoms with Crippen molar-refractivity contribution in [2.75, 3.05) is 20.6 Å². The van der Waals surface area contributed by atoms with Crippen LogP contribution in [0.3, 0.4) is 0 Å². The first-order valence-electron chi connectivity index (χ1n) is 7.00. The Labute approximate surface area is 146 Å². The summed E-state index contributed by atoms with van der Waals surface area (Å²) < 4.78 is 26.9. The molecule has 1 heterocycles. The Morgan fingerprint density at radius 2 is 1.96 bits per heavy atom. The lowest BCUT2D eigenvalue weighted by atomic mass is 10.2. The molecule has 1 unspecified atom stereocenters. The first-order chi connectivity index (χ1) is 10.9. The molecule has 1 N–H and O–H groups in total. The third-order valence-electron chi connectivity index (χ3n) is 3.28. The van der Waals surface area contributed by atoms with E-state index >= 15 is 0 Å². The van der Waals surface area contributed by atoms with E-state index in [2.05, 4.69) is 4.72 Å². The number of benzene rings is 1. The molecule has 1 atom stereocenters. The Balaban J connectivity index is 2.01. The van der Waals surface area contributed by atoms with Crippen molar-refractivity contribution < 1.29 is 8.42 Å². The normalized spacial score (nSPS) is 13.7. The number of nitrogens with zero attached hydrogens (tertiary/aromatic N) is 1. The summed E-state index contributed by atoms with van der Waals surface area (Å²) in [5.74, 6) is 0. The second-order valence-corrected chi connectivity index (χ2v) is 8.31. The maximum Gasteiger partial charge on any atom is 0.233 e. The van der Waals surface area contributed by atoms with Crippen molar-refractivity contribution in [2.24, 2.45) is 0 Å². The summed E-state index contributed by atoms with van der Waals surface area (Å²) in [7, 11) is 0.370. The molecule has 0 bridgehead atoms. The molecule has 23 heavy (non-hydrogen) atoms. The summed E-state index contributed by atoms with van der Waals surface area (Å²) in [5, 5.41) is 3.78. The summed E-state index contributed by atoms with van der Waals surface area (Å²) in [6.07, 6.45) is 1.55. The standard InChI is InChI=1S/C16H19ClN2O2S2/c1-19(2)15(16-4-3-10-22-16)12-18-23(20,21)11-9-13-5-7-14(17)8-6-13/h3-11,15,18H,12H2,1-2H3. The zero-order chi connectivity index (χ0) is 16.9. The fraction of sp³-hybridized carbons (Fsp3) is 0.250. The van der Waals surface area contributed by atoms with E-state index in [9.17, 15) is 8.42 Å². The van der Waals surface area contributed by atoms with E-state index in [4.69, 9.17) is 11.6 Å². The predicted molar refractivity (Wildman–Crippen MR) is 98.2 cm³/mol. The van der Waals surface area contributed by atoms with Crippen LogP contribution < -0.4 is 4.72 Å². The maximum absolute atomic E-state index is 12.1. The lowest BCUT2D eigenvalue weighted by Crippen LogP contribution is -2.33.